The Balaban J connectivity index is 1.69. The van der Waals surface area contributed by atoms with E-state index in [2.05, 4.69) is 36.8 Å². The second-order valence-corrected chi connectivity index (χ2v) is 7.44. The van der Waals surface area contributed by atoms with E-state index in [1.54, 1.807) is 6.20 Å². The van der Waals surface area contributed by atoms with Crippen LogP contribution in [0.3, 0.4) is 0 Å². The Morgan fingerprint density at radius 2 is 2.25 bits per heavy atom. The molecule has 3 rings (SSSR count). The van der Waals surface area contributed by atoms with Gasteiger partial charge in [-0.05, 0) is 44.6 Å². The molecule has 0 aromatic carbocycles. The summed E-state index contributed by atoms with van der Waals surface area (Å²) in [4.78, 5) is 23.1. The summed E-state index contributed by atoms with van der Waals surface area (Å²) in [7, 11) is 0. The zero-order valence-electron chi connectivity index (χ0n) is 14.8. The monoisotopic (exact) mass is 326 g/mol. The smallest absolute Gasteiger partial charge is 0.233 e. The molecular formula is C19H26N4O. The SMILES string of the molecule is CC(C)=CCC[C@@]1(C)CCC(=O)N(Cc2cn3cccnc3n2)C1. The molecule has 5 nitrogen and oxygen atoms in total. The van der Waals surface area contributed by atoms with Crippen molar-refractivity contribution in [3.8, 4) is 0 Å². The van der Waals surface area contributed by atoms with Crippen LogP contribution in [0, 0.1) is 5.41 Å². The summed E-state index contributed by atoms with van der Waals surface area (Å²) in [5.74, 6) is 0.919. The molecule has 0 saturated carbocycles. The van der Waals surface area contributed by atoms with E-state index >= 15 is 0 Å². The minimum Gasteiger partial charge on any atom is -0.336 e. The predicted octanol–water partition coefficient (Wildman–Crippen LogP) is 3.60. The molecular weight excluding hydrogens is 300 g/mol. The minimum absolute atomic E-state index is 0.192. The van der Waals surface area contributed by atoms with E-state index < -0.39 is 0 Å². The molecule has 2 aromatic heterocycles. The fraction of sp³-hybridized carbons (Fsp3) is 0.526. The highest BCUT2D eigenvalue weighted by Gasteiger charge is 2.34. The van der Waals surface area contributed by atoms with Gasteiger partial charge in [0.25, 0.3) is 0 Å². The van der Waals surface area contributed by atoms with E-state index in [-0.39, 0.29) is 11.3 Å². The van der Waals surface area contributed by atoms with Crippen LogP contribution in [0.2, 0.25) is 0 Å². The zero-order chi connectivity index (χ0) is 17.2. The molecule has 128 valence electrons. The molecule has 0 bridgehead atoms. The Labute approximate surface area is 143 Å². The number of fused-ring (bicyclic) bond motifs is 1. The van der Waals surface area contributed by atoms with E-state index in [9.17, 15) is 4.79 Å². The van der Waals surface area contributed by atoms with Gasteiger partial charge < -0.3 is 4.90 Å². The molecule has 1 fully saturated rings. The van der Waals surface area contributed by atoms with Crippen LogP contribution in [-0.2, 0) is 11.3 Å². The number of amides is 1. The number of nitrogens with zero attached hydrogens (tertiary/aromatic N) is 4. The van der Waals surface area contributed by atoms with Crippen LogP contribution in [0.5, 0.6) is 0 Å². The van der Waals surface area contributed by atoms with E-state index in [0.29, 0.717) is 18.7 Å². The lowest BCUT2D eigenvalue weighted by Crippen LogP contribution is -2.44. The van der Waals surface area contributed by atoms with Gasteiger partial charge in [0.2, 0.25) is 11.7 Å². The molecule has 5 heteroatoms. The maximum atomic E-state index is 12.3. The van der Waals surface area contributed by atoms with Crippen LogP contribution in [0.1, 0.15) is 52.1 Å². The number of imidazole rings is 1. The number of piperidine rings is 1. The third-order valence-electron chi connectivity index (χ3n) is 4.81. The molecule has 1 saturated heterocycles. The minimum atomic E-state index is 0.192. The largest absolute Gasteiger partial charge is 0.336 e. The fourth-order valence-electron chi connectivity index (χ4n) is 3.40. The molecule has 3 heterocycles. The first kappa shape index (κ1) is 16.7. The number of rotatable bonds is 5. The maximum Gasteiger partial charge on any atom is 0.233 e. The van der Waals surface area contributed by atoms with Gasteiger partial charge in [0.1, 0.15) is 0 Å². The van der Waals surface area contributed by atoms with Crippen molar-refractivity contribution in [3.05, 3.63) is 42.0 Å². The number of allylic oxidation sites excluding steroid dienone is 2. The molecule has 24 heavy (non-hydrogen) atoms. The van der Waals surface area contributed by atoms with E-state index in [0.717, 1.165) is 31.5 Å². The quantitative estimate of drug-likeness (QED) is 0.789. The highest BCUT2D eigenvalue weighted by Crippen LogP contribution is 2.35. The lowest BCUT2D eigenvalue weighted by atomic mass is 9.77. The number of hydrogen-bond acceptors (Lipinski definition) is 3. The van der Waals surface area contributed by atoms with Crippen LogP contribution in [0.25, 0.3) is 5.78 Å². The molecule has 1 atom stereocenters. The van der Waals surface area contributed by atoms with Crippen molar-refractivity contribution in [1.82, 2.24) is 19.3 Å². The Bertz CT molecular complexity index is 727. The third-order valence-corrected chi connectivity index (χ3v) is 4.81. The first-order chi connectivity index (χ1) is 11.5. The van der Waals surface area contributed by atoms with Crippen LogP contribution in [0.15, 0.2) is 36.3 Å². The summed E-state index contributed by atoms with van der Waals surface area (Å²) in [6.45, 7) is 7.95. The number of hydrogen-bond donors (Lipinski definition) is 0. The fourth-order valence-corrected chi connectivity index (χ4v) is 3.40. The highest BCUT2D eigenvalue weighted by molar-refractivity contribution is 5.77. The topological polar surface area (TPSA) is 50.5 Å². The lowest BCUT2D eigenvalue weighted by Gasteiger charge is -2.40. The Kier molecular flexibility index (Phi) is 4.69. The second-order valence-electron chi connectivity index (χ2n) is 7.44. The first-order valence-electron chi connectivity index (χ1n) is 8.65. The van der Waals surface area contributed by atoms with Crippen molar-refractivity contribution in [2.75, 3.05) is 6.54 Å². The first-order valence-corrected chi connectivity index (χ1v) is 8.65. The maximum absolute atomic E-state index is 12.3. The van der Waals surface area contributed by atoms with Gasteiger partial charge in [-0.1, -0.05) is 18.6 Å². The van der Waals surface area contributed by atoms with Crippen molar-refractivity contribution in [2.24, 2.45) is 5.41 Å². The second kappa shape index (κ2) is 6.75. The van der Waals surface area contributed by atoms with Gasteiger partial charge >= 0.3 is 0 Å². The van der Waals surface area contributed by atoms with E-state index in [1.165, 1.54) is 5.57 Å². The molecule has 0 unspecified atom stereocenters. The molecule has 1 aliphatic heterocycles. The standard InChI is InChI=1S/C19H26N4O/c1-15(2)6-4-8-19(3)9-7-17(24)23(14-19)13-16-12-22-11-5-10-20-18(22)21-16/h5-6,10-12H,4,7-9,13-14H2,1-3H3/t19-/m0/s1. The molecule has 0 spiro atoms. The van der Waals surface area contributed by atoms with Crippen LogP contribution < -0.4 is 0 Å². The van der Waals surface area contributed by atoms with Crippen molar-refractivity contribution in [1.29, 1.82) is 0 Å². The summed E-state index contributed by atoms with van der Waals surface area (Å²) in [5, 5.41) is 0. The Morgan fingerprint density at radius 3 is 3.00 bits per heavy atom. The third kappa shape index (κ3) is 3.83. The summed E-state index contributed by atoms with van der Waals surface area (Å²) < 4.78 is 1.90. The average Bonchev–Trinajstić information content (AvgIpc) is 2.93. The average molecular weight is 326 g/mol. The molecule has 0 aliphatic carbocycles. The van der Waals surface area contributed by atoms with E-state index in [1.807, 2.05) is 27.8 Å². The molecule has 2 aromatic rings. The highest BCUT2D eigenvalue weighted by atomic mass is 16.2. The van der Waals surface area contributed by atoms with Crippen molar-refractivity contribution >= 4 is 11.7 Å². The van der Waals surface area contributed by atoms with Gasteiger partial charge in [0.15, 0.2) is 0 Å². The lowest BCUT2D eigenvalue weighted by molar-refractivity contribution is -0.138. The van der Waals surface area contributed by atoms with Crippen LogP contribution >= 0.6 is 0 Å². The number of carbonyl (C=O) groups is 1. The van der Waals surface area contributed by atoms with Crippen molar-refractivity contribution in [3.63, 3.8) is 0 Å². The molecule has 1 aliphatic rings. The molecule has 1 amide bonds. The van der Waals surface area contributed by atoms with Crippen molar-refractivity contribution in [2.45, 2.75) is 53.0 Å². The predicted molar refractivity (Wildman–Crippen MR) is 94.4 cm³/mol. The van der Waals surface area contributed by atoms with Gasteiger partial charge in [0.05, 0.1) is 12.2 Å². The van der Waals surface area contributed by atoms with Gasteiger partial charge in [0, 0.05) is 31.6 Å². The van der Waals surface area contributed by atoms with E-state index in [4.69, 9.17) is 0 Å². The number of likely N-dealkylation sites (tertiary alicyclic amines) is 1. The normalized spacial score (nSPS) is 21.3. The van der Waals surface area contributed by atoms with Crippen LogP contribution in [0.4, 0.5) is 0 Å². The summed E-state index contributed by atoms with van der Waals surface area (Å²) >= 11 is 0. The van der Waals surface area contributed by atoms with Gasteiger partial charge in [-0.25, -0.2) is 9.97 Å². The van der Waals surface area contributed by atoms with Crippen molar-refractivity contribution < 1.29 is 4.79 Å². The summed E-state index contributed by atoms with van der Waals surface area (Å²) in [6, 6.07) is 1.88. The Morgan fingerprint density at radius 1 is 1.42 bits per heavy atom. The number of carbonyl (C=O) groups excluding carboxylic acids is 1. The zero-order valence-corrected chi connectivity index (χ0v) is 14.8. The summed E-state index contributed by atoms with van der Waals surface area (Å²) in [6.07, 6.45) is 11.7. The molecule has 0 radical (unpaired) electrons. The van der Waals surface area contributed by atoms with Gasteiger partial charge in [-0.3, -0.25) is 9.20 Å². The Hall–Kier alpha value is -2.17. The van der Waals surface area contributed by atoms with Gasteiger partial charge in [-0.15, -0.1) is 0 Å². The molecule has 0 N–H and O–H groups in total. The summed E-state index contributed by atoms with van der Waals surface area (Å²) in [5.41, 5.74) is 2.45. The number of aromatic nitrogens is 3. The van der Waals surface area contributed by atoms with Gasteiger partial charge in [-0.2, -0.15) is 0 Å². The van der Waals surface area contributed by atoms with Crippen LogP contribution in [-0.4, -0.2) is 31.7 Å².